The van der Waals surface area contributed by atoms with Gasteiger partial charge in [-0.1, -0.05) is 24.3 Å². The van der Waals surface area contributed by atoms with Gasteiger partial charge in [-0.3, -0.25) is 4.79 Å². The number of benzene rings is 1. The van der Waals surface area contributed by atoms with Gasteiger partial charge >= 0.3 is 5.97 Å². The van der Waals surface area contributed by atoms with Gasteiger partial charge in [0.15, 0.2) is 5.13 Å². The molecule has 0 fully saturated rings. The molecule has 5 nitrogen and oxygen atoms in total. The largest absolute Gasteiger partial charge is 0.496 e. The number of ether oxygens (including phenoxy) is 1. The van der Waals surface area contributed by atoms with Crippen molar-refractivity contribution in [2.45, 2.75) is 13.0 Å². The molecule has 2 aromatic heterocycles. The molecule has 0 amide bonds. The number of hydrogen-bond acceptors (Lipinski definition) is 6. The Bertz CT molecular complexity index is 828. The van der Waals surface area contributed by atoms with Crippen LogP contribution in [0.3, 0.4) is 0 Å². The normalized spacial score (nSPS) is 10.5. The van der Waals surface area contributed by atoms with Crippen LogP contribution in [0.15, 0.2) is 41.8 Å². The standard InChI is InChI=1S/C17H16N2O3S2/c1-22-12-6-3-2-5-11(12)10-18-17-19-16(13-7-4-8-23-13)14(24-17)9-15(20)21/h2-8H,9-10H2,1H3,(H,18,19)(H,20,21). The lowest BCUT2D eigenvalue weighted by Crippen LogP contribution is -2.01. The van der Waals surface area contributed by atoms with Crippen molar-refractivity contribution in [1.82, 2.24) is 4.98 Å². The van der Waals surface area contributed by atoms with Crippen molar-refractivity contribution in [1.29, 1.82) is 0 Å². The van der Waals surface area contributed by atoms with Crippen molar-refractivity contribution in [2.75, 3.05) is 12.4 Å². The zero-order valence-electron chi connectivity index (χ0n) is 13.0. The minimum Gasteiger partial charge on any atom is -0.496 e. The van der Waals surface area contributed by atoms with Crippen molar-refractivity contribution in [3.8, 4) is 16.3 Å². The number of nitrogens with one attached hydrogen (secondary N) is 1. The molecular weight excluding hydrogens is 344 g/mol. The number of aromatic nitrogens is 1. The molecule has 0 bridgehead atoms. The van der Waals surface area contributed by atoms with Crippen LogP contribution in [0.2, 0.25) is 0 Å². The maximum atomic E-state index is 11.1. The molecule has 0 unspecified atom stereocenters. The van der Waals surface area contributed by atoms with Gasteiger partial charge in [-0.2, -0.15) is 0 Å². The second-order valence-electron chi connectivity index (χ2n) is 5.00. The zero-order chi connectivity index (χ0) is 16.9. The van der Waals surface area contributed by atoms with E-state index in [4.69, 9.17) is 9.84 Å². The average molecular weight is 360 g/mol. The van der Waals surface area contributed by atoms with E-state index in [1.807, 2.05) is 41.8 Å². The summed E-state index contributed by atoms with van der Waals surface area (Å²) in [6, 6.07) is 11.7. The van der Waals surface area contributed by atoms with Gasteiger partial charge < -0.3 is 15.2 Å². The maximum absolute atomic E-state index is 11.1. The number of methoxy groups -OCH3 is 1. The summed E-state index contributed by atoms with van der Waals surface area (Å²) >= 11 is 2.94. The minimum atomic E-state index is -0.854. The van der Waals surface area contributed by atoms with Gasteiger partial charge in [-0.15, -0.1) is 22.7 Å². The Balaban J connectivity index is 1.82. The molecule has 3 rings (SSSR count). The van der Waals surface area contributed by atoms with Crippen molar-refractivity contribution < 1.29 is 14.6 Å². The number of rotatable bonds is 7. The van der Waals surface area contributed by atoms with E-state index in [1.54, 1.807) is 18.4 Å². The molecule has 0 aliphatic carbocycles. The highest BCUT2D eigenvalue weighted by atomic mass is 32.1. The third-order valence-electron chi connectivity index (χ3n) is 3.39. The van der Waals surface area contributed by atoms with Gasteiger partial charge in [0.1, 0.15) is 5.75 Å². The van der Waals surface area contributed by atoms with Crippen molar-refractivity contribution in [3.63, 3.8) is 0 Å². The van der Waals surface area contributed by atoms with Gasteiger partial charge in [-0.25, -0.2) is 4.98 Å². The lowest BCUT2D eigenvalue weighted by atomic mass is 10.2. The highest BCUT2D eigenvalue weighted by molar-refractivity contribution is 7.17. The molecular formula is C17H16N2O3S2. The number of carboxylic acid groups (broad SMARTS) is 1. The SMILES string of the molecule is COc1ccccc1CNc1nc(-c2cccs2)c(CC(=O)O)s1. The van der Waals surface area contributed by atoms with E-state index in [0.29, 0.717) is 11.7 Å². The van der Waals surface area contributed by atoms with Crippen LogP contribution in [0.25, 0.3) is 10.6 Å². The lowest BCUT2D eigenvalue weighted by Gasteiger charge is -2.08. The quantitative estimate of drug-likeness (QED) is 0.663. The summed E-state index contributed by atoms with van der Waals surface area (Å²) in [5.74, 6) is -0.0430. The van der Waals surface area contributed by atoms with Gasteiger partial charge in [0, 0.05) is 17.0 Å². The van der Waals surface area contributed by atoms with E-state index in [1.165, 1.54) is 11.3 Å². The fraction of sp³-hybridized carbons (Fsp3) is 0.176. The molecule has 0 radical (unpaired) electrons. The predicted octanol–water partition coefficient (Wildman–Crippen LogP) is 4.12. The van der Waals surface area contributed by atoms with E-state index in [9.17, 15) is 4.79 Å². The molecule has 0 aliphatic rings. The van der Waals surface area contributed by atoms with Crippen LogP contribution in [0.4, 0.5) is 5.13 Å². The second kappa shape index (κ2) is 7.46. The molecule has 24 heavy (non-hydrogen) atoms. The summed E-state index contributed by atoms with van der Waals surface area (Å²) in [4.78, 5) is 17.4. The number of para-hydroxylation sites is 1. The summed E-state index contributed by atoms with van der Waals surface area (Å²) in [6.45, 7) is 0.563. The summed E-state index contributed by atoms with van der Waals surface area (Å²) in [5, 5.41) is 15.1. The first-order valence-corrected chi connectivity index (χ1v) is 8.98. The molecule has 2 heterocycles. The van der Waals surface area contributed by atoms with E-state index >= 15 is 0 Å². The molecule has 124 valence electrons. The number of carbonyl (C=O) groups is 1. The molecule has 0 atom stereocenters. The Morgan fingerprint density at radius 3 is 2.83 bits per heavy atom. The van der Waals surface area contributed by atoms with E-state index < -0.39 is 5.97 Å². The van der Waals surface area contributed by atoms with Gasteiger partial charge in [0.25, 0.3) is 0 Å². The van der Waals surface area contributed by atoms with Crippen LogP contribution in [0.1, 0.15) is 10.4 Å². The van der Waals surface area contributed by atoms with Crippen LogP contribution in [0.5, 0.6) is 5.75 Å². The number of aliphatic carboxylic acids is 1. The average Bonchev–Trinajstić information content (AvgIpc) is 3.22. The van der Waals surface area contributed by atoms with Crippen molar-refractivity contribution >= 4 is 33.8 Å². The molecule has 7 heteroatoms. The fourth-order valence-corrected chi connectivity index (χ4v) is 4.08. The summed E-state index contributed by atoms with van der Waals surface area (Å²) in [6.07, 6.45) is -0.0265. The minimum absolute atomic E-state index is 0.0265. The van der Waals surface area contributed by atoms with Gasteiger partial charge in [0.2, 0.25) is 0 Å². The third-order valence-corrected chi connectivity index (χ3v) is 5.28. The molecule has 0 aliphatic heterocycles. The Kier molecular flexibility index (Phi) is 5.12. The Morgan fingerprint density at radius 2 is 2.12 bits per heavy atom. The Hall–Kier alpha value is -2.38. The summed E-state index contributed by atoms with van der Waals surface area (Å²) < 4.78 is 5.34. The fourth-order valence-electron chi connectivity index (χ4n) is 2.31. The summed E-state index contributed by atoms with van der Waals surface area (Å²) in [5.41, 5.74) is 1.77. The van der Waals surface area contributed by atoms with E-state index in [2.05, 4.69) is 10.3 Å². The maximum Gasteiger partial charge on any atom is 0.308 e. The molecule has 0 saturated carbocycles. The van der Waals surface area contributed by atoms with Crippen LogP contribution < -0.4 is 10.1 Å². The summed E-state index contributed by atoms with van der Waals surface area (Å²) in [7, 11) is 1.64. The molecule has 3 aromatic rings. The van der Waals surface area contributed by atoms with Crippen LogP contribution in [-0.4, -0.2) is 23.2 Å². The number of anilines is 1. The number of nitrogens with zero attached hydrogens (tertiary/aromatic N) is 1. The zero-order valence-corrected chi connectivity index (χ0v) is 14.6. The Morgan fingerprint density at radius 1 is 1.29 bits per heavy atom. The lowest BCUT2D eigenvalue weighted by molar-refractivity contribution is -0.136. The molecule has 0 saturated heterocycles. The van der Waals surface area contributed by atoms with E-state index in [-0.39, 0.29) is 6.42 Å². The molecule has 0 spiro atoms. The first-order valence-electron chi connectivity index (χ1n) is 7.28. The van der Waals surface area contributed by atoms with Crippen molar-refractivity contribution in [3.05, 3.63) is 52.2 Å². The topological polar surface area (TPSA) is 71.5 Å². The number of thiazole rings is 1. The first-order chi connectivity index (χ1) is 11.7. The van der Waals surface area contributed by atoms with E-state index in [0.717, 1.165) is 26.8 Å². The predicted molar refractivity (Wildman–Crippen MR) is 97.1 cm³/mol. The number of hydrogen-bond donors (Lipinski definition) is 2. The third kappa shape index (κ3) is 3.74. The van der Waals surface area contributed by atoms with Crippen LogP contribution >= 0.6 is 22.7 Å². The smallest absolute Gasteiger partial charge is 0.308 e. The highest BCUT2D eigenvalue weighted by Crippen LogP contribution is 2.34. The second-order valence-corrected chi connectivity index (χ2v) is 7.04. The number of thiophene rings is 1. The van der Waals surface area contributed by atoms with Gasteiger partial charge in [-0.05, 0) is 17.5 Å². The monoisotopic (exact) mass is 360 g/mol. The molecule has 2 N–H and O–H groups in total. The van der Waals surface area contributed by atoms with Crippen molar-refractivity contribution in [2.24, 2.45) is 0 Å². The van der Waals surface area contributed by atoms with Gasteiger partial charge in [0.05, 0.1) is 24.1 Å². The Labute approximate surface area is 147 Å². The van der Waals surface area contributed by atoms with Crippen LogP contribution in [0, 0.1) is 0 Å². The first kappa shape index (κ1) is 16.5. The molecule has 1 aromatic carbocycles. The number of carboxylic acids is 1. The highest BCUT2D eigenvalue weighted by Gasteiger charge is 2.16. The van der Waals surface area contributed by atoms with Crippen LogP contribution in [-0.2, 0) is 17.8 Å².